The number of hydrogen-bond donors (Lipinski definition) is 2. The molecule has 132 valence electrons. The molecule has 1 unspecified atom stereocenters. The van der Waals surface area contributed by atoms with Gasteiger partial charge < -0.3 is 5.11 Å². The molecule has 25 heavy (non-hydrogen) atoms. The maximum Gasteiger partial charge on any atom is 0.305 e. The van der Waals surface area contributed by atoms with Gasteiger partial charge in [-0.05, 0) is 29.8 Å². The number of benzene rings is 2. The average Bonchev–Trinajstić information content (AvgIpc) is 2.54. The van der Waals surface area contributed by atoms with E-state index in [1.165, 1.54) is 18.2 Å². The first kappa shape index (κ1) is 18.5. The Bertz CT molecular complexity index is 898. The van der Waals surface area contributed by atoms with E-state index in [2.05, 4.69) is 4.72 Å². The van der Waals surface area contributed by atoms with E-state index in [0.29, 0.717) is 0 Å². The number of nitrogens with one attached hydrogen (secondary N) is 1. The molecular formula is C15H13FN2O6S. The molecule has 10 heteroatoms. The van der Waals surface area contributed by atoms with Crippen molar-refractivity contribution >= 4 is 21.7 Å². The van der Waals surface area contributed by atoms with Gasteiger partial charge in [0.15, 0.2) is 0 Å². The van der Waals surface area contributed by atoms with Gasteiger partial charge in [0, 0.05) is 12.1 Å². The van der Waals surface area contributed by atoms with Crippen molar-refractivity contribution in [3.63, 3.8) is 0 Å². The summed E-state index contributed by atoms with van der Waals surface area (Å²) in [7, 11) is -4.15. The molecule has 0 saturated heterocycles. The zero-order chi connectivity index (χ0) is 18.6. The van der Waals surface area contributed by atoms with Crippen LogP contribution in [-0.4, -0.2) is 24.4 Å². The van der Waals surface area contributed by atoms with Crippen LogP contribution in [-0.2, 0) is 14.8 Å². The molecule has 2 aromatic carbocycles. The minimum atomic E-state index is -4.15. The van der Waals surface area contributed by atoms with E-state index in [-0.39, 0.29) is 16.1 Å². The molecule has 8 nitrogen and oxygen atoms in total. The van der Waals surface area contributed by atoms with Gasteiger partial charge in [-0.25, -0.2) is 17.5 Å². The highest BCUT2D eigenvalue weighted by Gasteiger charge is 2.25. The lowest BCUT2D eigenvalue weighted by molar-refractivity contribution is -0.384. The predicted molar refractivity (Wildman–Crippen MR) is 84.8 cm³/mol. The third-order valence-corrected chi connectivity index (χ3v) is 4.77. The van der Waals surface area contributed by atoms with Gasteiger partial charge in [-0.15, -0.1) is 0 Å². The number of carboxylic acid groups (broad SMARTS) is 1. The largest absolute Gasteiger partial charge is 0.481 e. The van der Waals surface area contributed by atoms with Crippen LogP contribution >= 0.6 is 0 Å². The first-order valence-corrected chi connectivity index (χ1v) is 8.41. The molecule has 0 amide bonds. The lowest BCUT2D eigenvalue weighted by atomic mass is 10.0. The van der Waals surface area contributed by atoms with E-state index in [9.17, 15) is 27.7 Å². The van der Waals surface area contributed by atoms with Crippen LogP contribution in [0.3, 0.4) is 0 Å². The number of carbonyl (C=O) groups is 1. The maximum absolute atomic E-state index is 12.9. The Morgan fingerprint density at radius 2 is 1.88 bits per heavy atom. The van der Waals surface area contributed by atoms with E-state index in [1.54, 1.807) is 0 Å². The number of halogens is 1. The van der Waals surface area contributed by atoms with E-state index >= 15 is 0 Å². The van der Waals surface area contributed by atoms with Gasteiger partial charge in [0.1, 0.15) is 5.82 Å². The number of nitrogens with zero attached hydrogens (tertiary/aromatic N) is 1. The second-order valence-corrected chi connectivity index (χ2v) is 6.79. The van der Waals surface area contributed by atoms with Crippen molar-refractivity contribution in [3.8, 4) is 0 Å². The molecule has 0 aliphatic heterocycles. The summed E-state index contributed by atoms with van der Waals surface area (Å²) >= 11 is 0. The van der Waals surface area contributed by atoms with Gasteiger partial charge in [0.05, 0.1) is 22.3 Å². The summed E-state index contributed by atoms with van der Waals surface area (Å²) in [5, 5.41) is 19.9. The molecule has 0 bridgehead atoms. The molecule has 2 rings (SSSR count). The van der Waals surface area contributed by atoms with Crippen LogP contribution in [0.5, 0.6) is 0 Å². The first-order chi connectivity index (χ1) is 11.7. The Balaban J connectivity index is 2.38. The van der Waals surface area contributed by atoms with Gasteiger partial charge in [0.2, 0.25) is 10.0 Å². The molecule has 2 N–H and O–H groups in total. The molecule has 0 aromatic heterocycles. The highest BCUT2D eigenvalue weighted by atomic mass is 32.2. The molecule has 0 aliphatic carbocycles. The molecular weight excluding hydrogens is 355 g/mol. The fraction of sp³-hybridized carbons (Fsp3) is 0.133. The third-order valence-electron chi connectivity index (χ3n) is 3.28. The molecule has 0 radical (unpaired) electrons. The Labute approximate surface area is 142 Å². The third kappa shape index (κ3) is 4.81. The molecule has 0 fully saturated rings. The van der Waals surface area contributed by atoms with E-state index in [1.807, 2.05) is 0 Å². The van der Waals surface area contributed by atoms with Gasteiger partial charge in [-0.3, -0.25) is 14.9 Å². The van der Waals surface area contributed by atoms with Crippen molar-refractivity contribution in [1.82, 2.24) is 4.72 Å². The number of sulfonamides is 1. The second kappa shape index (κ2) is 7.36. The lowest BCUT2D eigenvalue weighted by Crippen LogP contribution is -2.30. The number of hydrogen-bond acceptors (Lipinski definition) is 5. The van der Waals surface area contributed by atoms with Crippen molar-refractivity contribution in [1.29, 1.82) is 0 Å². The van der Waals surface area contributed by atoms with Crippen molar-refractivity contribution in [2.45, 2.75) is 17.4 Å². The predicted octanol–water partition coefficient (Wildman–Crippen LogP) is 2.23. The van der Waals surface area contributed by atoms with E-state index in [0.717, 1.165) is 30.3 Å². The van der Waals surface area contributed by atoms with Crippen molar-refractivity contribution in [2.75, 3.05) is 0 Å². The Morgan fingerprint density at radius 3 is 2.44 bits per heavy atom. The number of nitro groups is 1. The summed E-state index contributed by atoms with van der Waals surface area (Å²) in [5.74, 6) is -1.92. The van der Waals surface area contributed by atoms with Crippen molar-refractivity contribution in [3.05, 3.63) is 70.0 Å². The zero-order valence-corrected chi connectivity index (χ0v) is 13.4. The number of rotatable bonds is 7. The SMILES string of the molecule is O=C(O)CC(NS(=O)(=O)c1ccc(F)cc1)c1cccc([N+](=O)[O-])c1. The summed E-state index contributed by atoms with van der Waals surface area (Å²) in [6.45, 7) is 0. The molecule has 1 atom stereocenters. The Morgan fingerprint density at radius 1 is 1.24 bits per heavy atom. The number of aliphatic carboxylic acids is 1. The second-order valence-electron chi connectivity index (χ2n) is 5.08. The zero-order valence-electron chi connectivity index (χ0n) is 12.6. The van der Waals surface area contributed by atoms with Gasteiger partial charge >= 0.3 is 5.97 Å². The quantitative estimate of drug-likeness (QED) is 0.570. The Hall–Kier alpha value is -2.85. The van der Waals surface area contributed by atoms with Crippen LogP contribution in [0.2, 0.25) is 0 Å². The van der Waals surface area contributed by atoms with Crippen LogP contribution in [0, 0.1) is 15.9 Å². The Kier molecular flexibility index (Phi) is 5.45. The molecule has 0 saturated carbocycles. The van der Waals surface area contributed by atoms with Crippen LogP contribution in [0.15, 0.2) is 53.4 Å². The van der Waals surface area contributed by atoms with Gasteiger partial charge in [0.25, 0.3) is 5.69 Å². The van der Waals surface area contributed by atoms with Gasteiger partial charge in [-0.1, -0.05) is 12.1 Å². The summed E-state index contributed by atoms with van der Waals surface area (Å²) < 4.78 is 39.9. The molecule has 0 aliphatic rings. The van der Waals surface area contributed by atoms with Crippen LogP contribution in [0.1, 0.15) is 18.0 Å². The number of non-ortho nitro benzene ring substituents is 1. The summed E-state index contributed by atoms with van der Waals surface area (Å²) in [5.41, 5.74) is -0.170. The van der Waals surface area contributed by atoms with Crippen molar-refractivity contribution < 1.29 is 27.6 Å². The van der Waals surface area contributed by atoms with Crippen LogP contribution in [0.4, 0.5) is 10.1 Å². The average molecular weight is 368 g/mol. The molecule has 0 heterocycles. The maximum atomic E-state index is 12.9. The van der Waals surface area contributed by atoms with Gasteiger partial charge in [-0.2, -0.15) is 0 Å². The van der Waals surface area contributed by atoms with E-state index < -0.39 is 39.2 Å². The summed E-state index contributed by atoms with van der Waals surface area (Å²) in [6.07, 6.45) is -0.623. The summed E-state index contributed by atoms with van der Waals surface area (Å²) in [4.78, 5) is 21.0. The fourth-order valence-electron chi connectivity index (χ4n) is 2.13. The lowest BCUT2D eigenvalue weighted by Gasteiger charge is -2.17. The smallest absolute Gasteiger partial charge is 0.305 e. The standard InChI is InChI=1S/C15H13FN2O6S/c16-11-4-6-13(7-5-11)25(23,24)17-14(9-15(19)20)10-2-1-3-12(8-10)18(21)22/h1-8,14,17H,9H2,(H,19,20). The molecule has 2 aromatic rings. The normalized spacial score (nSPS) is 12.5. The topological polar surface area (TPSA) is 127 Å². The fourth-order valence-corrected chi connectivity index (χ4v) is 3.35. The van der Waals surface area contributed by atoms with E-state index in [4.69, 9.17) is 5.11 Å². The van der Waals surface area contributed by atoms with Crippen molar-refractivity contribution in [2.24, 2.45) is 0 Å². The highest BCUT2D eigenvalue weighted by molar-refractivity contribution is 7.89. The minimum absolute atomic E-state index is 0.127. The van der Waals surface area contributed by atoms with Crippen LogP contribution in [0.25, 0.3) is 0 Å². The first-order valence-electron chi connectivity index (χ1n) is 6.93. The molecule has 0 spiro atoms. The number of carboxylic acids is 1. The van der Waals surface area contributed by atoms with Crippen LogP contribution < -0.4 is 4.72 Å². The summed E-state index contributed by atoms with van der Waals surface area (Å²) in [6, 6.07) is 7.75. The minimum Gasteiger partial charge on any atom is -0.481 e. The monoisotopic (exact) mass is 368 g/mol. The highest BCUT2D eigenvalue weighted by Crippen LogP contribution is 2.24. The number of nitro benzene ring substituents is 1.